The van der Waals surface area contributed by atoms with E-state index < -0.39 is 0 Å². The van der Waals surface area contributed by atoms with Crippen LogP contribution in [0.3, 0.4) is 0 Å². The Morgan fingerprint density at radius 3 is 2.57 bits per heavy atom. The number of nitrogens with one attached hydrogen (secondary N) is 1. The maximum Gasteiger partial charge on any atom is 0.226 e. The van der Waals surface area contributed by atoms with Crippen molar-refractivity contribution in [2.75, 3.05) is 11.9 Å². The molecule has 0 spiro atoms. The smallest absolute Gasteiger partial charge is 0.226 e. The van der Waals surface area contributed by atoms with Gasteiger partial charge in [-0.25, -0.2) is 9.97 Å². The first-order chi connectivity index (χ1) is 13.9. The van der Waals surface area contributed by atoms with Crippen molar-refractivity contribution in [3.8, 4) is 11.4 Å². The number of fused-ring (bicyclic) bond motifs is 3. The Kier molecular flexibility index (Phi) is 4.14. The highest BCUT2D eigenvalue weighted by Crippen LogP contribution is 2.23. The van der Waals surface area contributed by atoms with Crippen LogP contribution in [0, 0.1) is 0 Å². The Hall–Kier alpha value is -3.80. The van der Waals surface area contributed by atoms with Gasteiger partial charge in [-0.1, -0.05) is 42.5 Å². The lowest BCUT2D eigenvalue weighted by atomic mass is 10.1. The zero-order chi connectivity index (χ0) is 18.8. The molecular formula is C22H18N6. The van der Waals surface area contributed by atoms with Gasteiger partial charge < -0.3 is 5.32 Å². The van der Waals surface area contributed by atoms with E-state index in [0.717, 1.165) is 35.1 Å². The van der Waals surface area contributed by atoms with Crippen molar-refractivity contribution in [1.82, 2.24) is 24.6 Å². The van der Waals surface area contributed by atoms with E-state index in [1.807, 2.05) is 42.5 Å². The lowest BCUT2D eigenvalue weighted by Gasteiger charge is -2.09. The summed E-state index contributed by atoms with van der Waals surface area (Å²) >= 11 is 0. The van der Waals surface area contributed by atoms with E-state index in [-0.39, 0.29) is 0 Å². The van der Waals surface area contributed by atoms with Crippen molar-refractivity contribution in [2.24, 2.45) is 0 Å². The molecule has 3 aromatic heterocycles. The largest absolute Gasteiger partial charge is 0.354 e. The van der Waals surface area contributed by atoms with Gasteiger partial charge in [0.15, 0.2) is 11.5 Å². The molecular weight excluding hydrogens is 348 g/mol. The van der Waals surface area contributed by atoms with Crippen molar-refractivity contribution in [1.29, 1.82) is 0 Å². The Morgan fingerprint density at radius 1 is 0.857 bits per heavy atom. The van der Waals surface area contributed by atoms with E-state index in [2.05, 4.69) is 34.6 Å². The number of nitrogens with zero attached hydrogens (tertiary/aromatic N) is 5. The summed E-state index contributed by atoms with van der Waals surface area (Å²) in [7, 11) is 0. The molecule has 0 bridgehead atoms. The number of aromatic nitrogens is 5. The quantitative estimate of drug-likeness (QED) is 0.509. The summed E-state index contributed by atoms with van der Waals surface area (Å²) in [4.78, 5) is 13.7. The Labute approximate surface area is 161 Å². The maximum atomic E-state index is 4.78. The van der Waals surface area contributed by atoms with Gasteiger partial charge in [-0.2, -0.15) is 4.52 Å². The molecule has 0 atom stereocenters. The van der Waals surface area contributed by atoms with Crippen LogP contribution >= 0.6 is 0 Å². The van der Waals surface area contributed by atoms with E-state index in [9.17, 15) is 0 Å². The molecule has 3 heterocycles. The van der Waals surface area contributed by atoms with Crippen LogP contribution in [0.15, 0.2) is 79.1 Å². The fourth-order valence-corrected chi connectivity index (χ4v) is 3.25. The first kappa shape index (κ1) is 16.4. The van der Waals surface area contributed by atoms with E-state index in [0.29, 0.717) is 11.8 Å². The predicted octanol–water partition coefficient (Wildman–Crippen LogP) is 3.99. The molecule has 0 radical (unpaired) electrons. The van der Waals surface area contributed by atoms with Gasteiger partial charge in [-0.05, 0) is 36.2 Å². The molecule has 5 aromatic rings. The van der Waals surface area contributed by atoms with Gasteiger partial charge in [0, 0.05) is 29.9 Å². The van der Waals surface area contributed by atoms with Gasteiger partial charge in [-0.3, -0.25) is 4.98 Å². The molecule has 0 unspecified atom stereocenters. The number of rotatable bonds is 5. The van der Waals surface area contributed by atoms with Crippen molar-refractivity contribution >= 4 is 22.5 Å². The molecule has 0 fully saturated rings. The molecule has 5 rings (SSSR count). The van der Waals surface area contributed by atoms with Gasteiger partial charge in [0.25, 0.3) is 0 Å². The summed E-state index contributed by atoms with van der Waals surface area (Å²) in [5.74, 6) is 1.32. The van der Waals surface area contributed by atoms with Crippen LogP contribution in [-0.2, 0) is 6.42 Å². The van der Waals surface area contributed by atoms with Crippen LogP contribution in [-0.4, -0.2) is 31.1 Å². The van der Waals surface area contributed by atoms with Gasteiger partial charge >= 0.3 is 0 Å². The highest BCUT2D eigenvalue weighted by molar-refractivity contribution is 5.92. The highest BCUT2D eigenvalue weighted by atomic mass is 15.4. The van der Waals surface area contributed by atoms with E-state index >= 15 is 0 Å². The van der Waals surface area contributed by atoms with Crippen molar-refractivity contribution in [3.05, 3.63) is 84.7 Å². The highest BCUT2D eigenvalue weighted by Gasteiger charge is 2.14. The molecule has 0 saturated carbocycles. The minimum absolute atomic E-state index is 0.636. The summed E-state index contributed by atoms with van der Waals surface area (Å²) in [6.45, 7) is 0.756. The minimum atomic E-state index is 0.636. The number of hydrogen-bond acceptors (Lipinski definition) is 5. The van der Waals surface area contributed by atoms with Crippen molar-refractivity contribution < 1.29 is 0 Å². The number of anilines is 1. The van der Waals surface area contributed by atoms with Gasteiger partial charge in [-0.15, -0.1) is 5.10 Å². The third-order valence-corrected chi connectivity index (χ3v) is 4.64. The average Bonchev–Trinajstić information content (AvgIpc) is 3.21. The molecule has 0 saturated heterocycles. The number of pyridine rings is 1. The fourth-order valence-electron chi connectivity index (χ4n) is 3.25. The molecule has 0 aliphatic rings. The standard InChI is InChI=1S/C22H18N6/c1-2-7-16(8-3-1)12-14-24-22-25-19-11-5-4-10-18(19)21-26-20(27-28(21)22)17-9-6-13-23-15-17/h1-11,13,15H,12,14H2,(H,24,25). The molecule has 0 aliphatic carbocycles. The van der Waals surface area contributed by atoms with Gasteiger partial charge in [0.1, 0.15) is 0 Å². The third kappa shape index (κ3) is 3.05. The average molecular weight is 366 g/mol. The second kappa shape index (κ2) is 7.08. The molecule has 6 heteroatoms. The van der Waals surface area contributed by atoms with E-state index in [4.69, 9.17) is 15.1 Å². The summed E-state index contributed by atoms with van der Waals surface area (Å²) in [6, 6.07) is 22.2. The topological polar surface area (TPSA) is 68.0 Å². The summed E-state index contributed by atoms with van der Waals surface area (Å²) in [6.07, 6.45) is 4.42. The molecule has 136 valence electrons. The van der Waals surface area contributed by atoms with E-state index in [1.165, 1.54) is 5.56 Å². The summed E-state index contributed by atoms with van der Waals surface area (Å²) in [5, 5.41) is 9.10. The number of hydrogen-bond donors (Lipinski definition) is 1. The van der Waals surface area contributed by atoms with Crippen LogP contribution < -0.4 is 5.32 Å². The SMILES string of the molecule is c1ccc(CCNc2nc3ccccc3c3nc(-c4cccnc4)nn23)cc1. The second-order valence-electron chi connectivity index (χ2n) is 6.53. The molecule has 1 N–H and O–H groups in total. The Morgan fingerprint density at radius 2 is 1.71 bits per heavy atom. The summed E-state index contributed by atoms with van der Waals surface area (Å²) < 4.78 is 1.79. The molecule has 0 aliphatic heterocycles. The number of para-hydroxylation sites is 1. The van der Waals surface area contributed by atoms with Crippen molar-refractivity contribution in [2.45, 2.75) is 6.42 Å². The lowest BCUT2D eigenvalue weighted by molar-refractivity contribution is 0.906. The van der Waals surface area contributed by atoms with Crippen LogP contribution in [0.2, 0.25) is 0 Å². The monoisotopic (exact) mass is 366 g/mol. The van der Waals surface area contributed by atoms with E-state index in [1.54, 1.807) is 16.9 Å². The van der Waals surface area contributed by atoms with Crippen LogP contribution in [0.4, 0.5) is 5.95 Å². The van der Waals surface area contributed by atoms with Crippen LogP contribution in [0.1, 0.15) is 5.56 Å². The zero-order valence-corrected chi connectivity index (χ0v) is 15.2. The fraction of sp³-hybridized carbons (Fsp3) is 0.0909. The van der Waals surface area contributed by atoms with Gasteiger partial charge in [0.05, 0.1) is 5.52 Å². The normalized spacial score (nSPS) is 11.1. The first-order valence-electron chi connectivity index (χ1n) is 9.22. The Bertz CT molecular complexity index is 1230. The maximum absolute atomic E-state index is 4.78. The third-order valence-electron chi connectivity index (χ3n) is 4.64. The first-order valence-corrected chi connectivity index (χ1v) is 9.22. The van der Waals surface area contributed by atoms with Crippen molar-refractivity contribution in [3.63, 3.8) is 0 Å². The molecule has 6 nitrogen and oxygen atoms in total. The van der Waals surface area contributed by atoms with Gasteiger partial charge in [0.2, 0.25) is 5.95 Å². The van der Waals surface area contributed by atoms with Crippen LogP contribution in [0.25, 0.3) is 27.9 Å². The number of benzene rings is 2. The molecule has 2 aromatic carbocycles. The lowest BCUT2D eigenvalue weighted by Crippen LogP contribution is -2.11. The Balaban J connectivity index is 1.55. The molecule has 0 amide bonds. The van der Waals surface area contributed by atoms with Crippen LogP contribution in [0.5, 0.6) is 0 Å². The zero-order valence-electron chi connectivity index (χ0n) is 15.2. The summed E-state index contributed by atoms with van der Waals surface area (Å²) in [5.41, 5.74) is 3.83. The minimum Gasteiger partial charge on any atom is -0.354 e. The predicted molar refractivity (Wildman–Crippen MR) is 110 cm³/mol. The second-order valence-corrected chi connectivity index (χ2v) is 6.53. The molecule has 28 heavy (non-hydrogen) atoms.